The summed E-state index contributed by atoms with van der Waals surface area (Å²) in [5, 5.41) is 0. The van der Waals surface area contributed by atoms with Gasteiger partial charge in [0, 0.05) is 11.8 Å². The maximum absolute atomic E-state index is 13.0. The van der Waals surface area contributed by atoms with Gasteiger partial charge in [0.05, 0.1) is 17.5 Å². The van der Waals surface area contributed by atoms with Crippen molar-refractivity contribution in [3.63, 3.8) is 0 Å². The molecule has 23 heavy (non-hydrogen) atoms. The van der Waals surface area contributed by atoms with E-state index in [1.165, 1.54) is 16.0 Å². The Kier molecular flexibility index (Phi) is 3.09. The summed E-state index contributed by atoms with van der Waals surface area (Å²) in [5.41, 5.74) is 4.49. The summed E-state index contributed by atoms with van der Waals surface area (Å²) in [6.07, 6.45) is 5.27. The van der Waals surface area contributed by atoms with Gasteiger partial charge in [-0.15, -0.1) is 0 Å². The van der Waals surface area contributed by atoms with Crippen molar-refractivity contribution in [3.8, 4) is 0 Å². The second-order valence-corrected chi connectivity index (χ2v) is 6.92. The number of hydrogen-bond acceptors (Lipinski definition) is 2. The first-order valence-corrected chi connectivity index (χ1v) is 8.37. The number of hydrogen-bond donors (Lipinski definition) is 0. The number of benzene rings is 1. The van der Waals surface area contributed by atoms with Crippen molar-refractivity contribution in [3.05, 3.63) is 53.1 Å². The molecule has 2 bridgehead atoms. The summed E-state index contributed by atoms with van der Waals surface area (Å²) < 4.78 is 0. The van der Waals surface area contributed by atoms with Crippen LogP contribution in [0.15, 0.2) is 47.6 Å². The molecule has 1 saturated heterocycles. The fourth-order valence-corrected chi connectivity index (χ4v) is 4.48. The zero-order chi connectivity index (χ0) is 16.3. The lowest BCUT2D eigenvalue weighted by Gasteiger charge is -2.19. The van der Waals surface area contributed by atoms with Gasteiger partial charge in [-0.2, -0.15) is 0 Å². The van der Waals surface area contributed by atoms with E-state index in [4.69, 9.17) is 0 Å². The topological polar surface area (TPSA) is 37.4 Å². The Hall–Kier alpha value is -2.16. The summed E-state index contributed by atoms with van der Waals surface area (Å²) in [4.78, 5) is 27.4. The standard InChI is InChI=1S/C20H21NO2/c1-4-12(3)16-14-9-10-15(16)18-17(14)19(22)21(20(18)23)13-7-5-11(2)6-8-13/h5-10,14-15,17-18H,4H2,1-3H3. The van der Waals surface area contributed by atoms with Gasteiger partial charge in [0.25, 0.3) is 0 Å². The van der Waals surface area contributed by atoms with Gasteiger partial charge >= 0.3 is 0 Å². The lowest BCUT2D eigenvalue weighted by molar-refractivity contribution is -0.122. The fourth-order valence-electron chi connectivity index (χ4n) is 4.48. The summed E-state index contributed by atoms with van der Waals surface area (Å²) in [6.45, 7) is 6.27. The van der Waals surface area contributed by atoms with Crippen LogP contribution in [0.4, 0.5) is 5.69 Å². The number of anilines is 1. The molecule has 1 saturated carbocycles. The molecule has 4 atom stereocenters. The second kappa shape index (κ2) is 4.92. The molecule has 1 aromatic rings. The summed E-state index contributed by atoms with van der Waals surface area (Å²) in [6, 6.07) is 7.64. The summed E-state index contributed by atoms with van der Waals surface area (Å²) >= 11 is 0. The largest absolute Gasteiger partial charge is 0.274 e. The molecule has 0 radical (unpaired) electrons. The molecule has 1 heterocycles. The number of rotatable bonds is 2. The highest BCUT2D eigenvalue weighted by Gasteiger charge is 2.61. The molecule has 3 heteroatoms. The van der Waals surface area contributed by atoms with Crippen molar-refractivity contribution in [2.75, 3.05) is 4.90 Å². The second-order valence-electron chi connectivity index (χ2n) is 6.92. The fraction of sp³-hybridized carbons (Fsp3) is 0.400. The lowest BCUT2D eigenvalue weighted by Crippen LogP contribution is -2.33. The van der Waals surface area contributed by atoms with Crippen LogP contribution >= 0.6 is 0 Å². The quantitative estimate of drug-likeness (QED) is 0.618. The van der Waals surface area contributed by atoms with E-state index in [0.29, 0.717) is 5.69 Å². The van der Waals surface area contributed by atoms with Crippen LogP contribution in [0.25, 0.3) is 0 Å². The van der Waals surface area contributed by atoms with Crippen LogP contribution in [0.5, 0.6) is 0 Å². The molecule has 0 spiro atoms. The zero-order valence-corrected chi connectivity index (χ0v) is 13.7. The minimum atomic E-state index is -0.199. The van der Waals surface area contributed by atoms with Crippen LogP contribution < -0.4 is 4.90 Å². The van der Waals surface area contributed by atoms with Gasteiger partial charge in [0.15, 0.2) is 0 Å². The van der Waals surface area contributed by atoms with Gasteiger partial charge in [0.1, 0.15) is 0 Å². The Labute approximate surface area is 136 Å². The summed E-state index contributed by atoms with van der Waals surface area (Å²) in [5.74, 6) is -0.205. The van der Waals surface area contributed by atoms with Gasteiger partial charge in [0.2, 0.25) is 11.8 Å². The SMILES string of the molecule is CCC(C)=C1C2C=CC1C1C(=O)N(c3ccc(C)cc3)C(=O)C21. The third-order valence-electron chi connectivity index (χ3n) is 5.73. The molecule has 3 nitrogen and oxygen atoms in total. The molecule has 0 aromatic heterocycles. The minimum Gasteiger partial charge on any atom is -0.274 e. The number of nitrogens with zero attached hydrogens (tertiary/aromatic N) is 1. The number of allylic oxidation sites excluding steroid dienone is 4. The van der Waals surface area contributed by atoms with Crippen LogP contribution in [0.3, 0.4) is 0 Å². The van der Waals surface area contributed by atoms with E-state index < -0.39 is 0 Å². The van der Waals surface area contributed by atoms with Crippen molar-refractivity contribution < 1.29 is 9.59 Å². The number of carbonyl (C=O) groups is 2. The van der Waals surface area contributed by atoms with Gasteiger partial charge in [-0.25, -0.2) is 4.90 Å². The highest BCUT2D eigenvalue weighted by Crippen LogP contribution is 2.57. The molecule has 1 aliphatic heterocycles. The predicted molar refractivity (Wildman–Crippen MR) is 89.8 cm³/mol. The van der Waals surface area contributed by atoms with Gasteiger partial charge in [-0.1, -0.05) is 47.9 Å². The van der Waals surface area contributed by atoms with E-state index in [2.05, 4.69) is 26.0 Å². The maximum atomic E-state index is 13.0. The average molecular weight is 307 g/mol. The maximum Gasteiger partial charge on any atom is 0.238 e. The van der Waals surface area contributed by atoms with E-state index in [9.17, 15) is 9.59 Å². The Morgan fingerprint density at radius 2 is 1.52 bits per heavy atom. The Bertz CT molecular complexity index is 722. The average Bonchev–Trinajstić information content (AvgIpc) is 3.18. The van der Waals surface area contributed by atoms with Crippen LogP contribution in [0.2, 0.25) is 0 Å². The van der Waals surface area contributed by atoms with E-state index >= 15 is 0 Å². The van der Waals surface area contributed by atoms with Crippen molar-refractivity contribution >= 4 is 17.5 Å². The Morgan fingerprint density at radius 1 is 1.00 bits per heavy atom. The highest BCUT2D eigenvalue weighted by molar-refractivity contribution is 6.23. The number of imide groups is 1. The monoisotopic (exact) mass is 307 g/mol. The molecule has 4 rings (SSSR count). The molecule has 2 aliphatic carbocycles. The molecule has 0 N–H and O–H groups in total. The Balaban J connectivity index is 1.74. The molecule has 2 fully saturated rings. The van der Waals surface area contributed by atoms with Gasteiger partial charge in [-0.3, -0.25) is 9.59 Å². The number of fused-ring (bicyclic) bond motifs is 5. The third kappa shape index (κ3) is 1.82. The van der Waals surface area contributed by atoms with Crippen LogP contribution in [-0.4, -0.2) is 11.8 Å². The molecule has 1 aromatic carbocycles. The predicted octanol–water partition coefficient (Wildman–Crippen LogP) is 3.64. The first-order chi connectivity index (χ1) is 11.0. The molecule has 4 unspecified atom stereocenters. The van der Waals surface area contributed by atoms with Gasteiger partial charge < -0.3 is 0 Å². The Morgan fingerprint density at radius 3 is 2.00 bits per heavy atom. The molecular weight excluding hydrogens is 286 g/mol. The van der Waals surface area contributed by atoms with Crippen LogP contribution in [-0.2, 0) is 9.59 Å². The number of amides is 2. The minimum absolute atomic E-state index is 0.0258. The normalized spacial score (nSPS) is 31.3. The third-order valence-corrected chi connectivity index (χ3v) is 5.73. The van der Waals surface area contributed by atoms with Crippen molar-refractivity contribution in [1.29, 1.82) is 0 Å². The lowest BCUT2D eigenvalue weighted by atomic mass is 9.85. The van der Waals surface area contributed by atoms with E-state index in [0.717, 1.165) is 12.0 Å². The molecule has 118 valence electrons. The van der Waals surface area contributed by atoms with Crippen molar-refractivity contribution in [2.24, 2.45) is 23.7 Å². The van der Waals surface area contributed by atoms with Crippen LogP contribution in [0.1, 0.15) is 25.8 Å². The van der Waals surface area contributed by atoms with E-state index in [1.807, 2.05) is 31.2 Å². The van der Waals surface area contributed by atoms with Crippen molar-refractivity contribution in [2.45, 2.75) is 27.2 Å². The molecule has 3 aliphatic rings. The van der Waals surface area contributed by atoms with Crippen molar-refractivity contribution in [1.82, 2.24) is 0 Å². The first kappa shape index (κ1) is 14.4. The van der Waals surface area contributed by atoms with Crippen LogP contribution in [0, 0.1) is 30.6 Å². The number of aryl methyl sites for hydroxylation is 1. The first-order valence-electron chi connectivity index (χ1n) is 8.37. The highest BCUT2D eigenvalue weighted by atomic mass is 16.2. The number of carbonyl (C=O) groups excluding carboxylic acids is 2. The summed E-state index contributed by atoms with van der Waals surface area (Å²) in [7, 11) is 0. The van der Waals surface area contributed by atoms with E-state index in [1.54, 1.807) is 0 Å². The van der Waals surface area contributed by atoms with E-state index in [-0.39, 0.29) is 35.5 Å². The molecular formula is C20H21NO2. The smallest absolute Gasteiger partial charge is 0.238 e. The zero-order valence-electron chi connectivity index (χ0n) is 13.7. The molecule has 2 amide bonds. The van der Waals surface area contributed by atoms with Gasteiger partial charge in [-0.05, 0) is 32.4 Å².